The number of carbonyl (C=O) groups excluding carboxylic acids is 2. The van der Waals surface area contributed by atoms with E-state index in [0.717, 1.165) is 0 Å². The molecule has 2 aromatic carbocycles. The van der Waals surface area contributed by atoms with Crippen LogP contribution in [0.3, 0.4) is 0 Å². The first-order valence-corrected chi connectivity index (χ1v) is 8.07. The molecule has 6 nitrogen and oxygen atoms in total. The molecule has 0 aliphatic rings. The molecule has 25 heavy (non-hydrogen) atoms. The Balaban J connectivity index is 1.79. The van der Waals surface area contributed by atoms with Crippen LogP contribution >= 0.6 is 0 Å². The van der Waals surface area contributed by atoms with Gasteiger partial charge in [-0.2, -0.15) is 0 Å². The number of ether oxygens (including phenoxy) is 1. The van der Waals surface area contributed by atoms with E-state index in [4.69, 9.17) is 4.74 Å². The van der Waals surface area contributed by atoms with Crippen molar-refractivity contribution < 1.29 is 14.3 Å². The molecular formula is C19H23N3O3. The molecule has 0 radical (unpaired) electrons. The van der Waals surface area contributed by atoms with Crippen LogP contribution in [0.1, 0.15) is 18.4 Å². The monoisotopic (exact) mass is 341 g/mol. The van der Waals surface area contributed by atoms with E-state index in [1.165, 1.54) is 12.7 Å². The summed E-state index contributed by atoms with van der Waals surface area (Å²) in [7, 11) is 1.46. The molecule has 0 saturated carbocycles. The number of nitrogens with one attached hydrogen (secondary N) is 3. The second kappa shape index (κ2) is 9.44. The van der Waals surface area contributed by atoms with Crippen LogP contribution in [0.4, 0.5) is 16.2 Å². The molecule has 0 heterocycles. The zero-order valence-electron chi connectivity index (χ0n) is 14.4. The van der Waals surface area contributed by atoms with Crippen molar-refractivity contribution in [2.45, 2.75) is 12.8 Å². The van der Waals surface area contributed by atoms with Crippen LogP contribution in [-0.4, -0.2) is 32.2 Å². The first-order chi connectivity index (χ1) is 12.1. The van der Waals surface area contributed by atoms with Crippen LogP contribution in [0, 0.1) is 0 Å². The Hall–Kier alpha value is -2.86. The molecule has 3 N–H and O–H groups in total. The molecule has 1 unspecified atom stereocenters. The molecule has 0 saturated heterocycles. The van der Waals surface area contributed by atoms with E-state index in [1.54, 1.807) is 24.3 Å². The van der Waals surface area contributed by atoms with Crippen molar-refractivity contribution in [1.82, 2.24) is 5.32 Å². The summed E-state index contributed by atoms with van der Waals surface area (Å²) in [5.74, 6) is 0.00109. The summed E-state index contributed by atoms with van der Waals surface area (Å²) in [5, 5.41) is 8.31. The minimum atomic E-state index is -0.265. The van der Waals surface area contributed by atoms with Crippen molar-refractivity contribution in [1.29, 1.82) is 0 Å². The molecule has 3 amide bonds. The third kappa shape index (κ3) is 6.27. The third-order valence-corrected chi connectivity index (χ3v) is 3.64. The van der Waals surface area contributed by atoms with Crippen molar-refractivity contribution in [2.24, 2.45) is 0 Å². The molecule has 2 rings (SSSR count). The molecule has 0 fully saturated rings. The number of urea groups is 1. The lowest BCUT2D eigenvalue weighted by Crippen LogP contribution is -2.31. The largest absolute Gasteiger partial charge is 0.375 e. The molecule has 2 aromatic rings. The maximum absolute atomic E-state index is 12.0. The lowest BCUT2D eigenvalue weighted by Gasteiger charge is -2.14. The molecule has 0 aliphatic heterocycles. The second-order valence-corrected chi connectivity index (χ2v) is 5.71. The summed E-state index contributed by atoms with van der Waals surface area (Å²) in [5.41, 5.74) is 2.47. The standard InChI is InChI=1S/C19H23N3O3/c1-14(15-6-4-3-5-7-15)12-20-19(24)22-17-10-8-16(9-11-17)21-18(23)13-25-2/h3-11,14H,12-13H2,1-2H3,(H,21,23)(H2,20,22,24). The third-order valence-electron chi connectivity index (χ3n) is 3.64. The van der Waals surface area contributed by atoms with E-state index < -0.39 is 0 Å². The fraction of sp³-hybridized carbons (Fsp3) is 0.263. The number of hydrogen-bond donors (Lipinski definition) is 3. The molecule has 0 aromatic heterocycles. The Morgan fingerprint density at radius 1 is 0.960 bits per heavy atom. The Bertz CT molecular complexity index is 687. The zero-order valence-corrected chi connectivity index (χ0v) is 14.4. The van der Waals surface area contributed by atoms with Gasteiger partial charge in [0.2, 0.25) is 5.91 Å². The van der Waals surface area contributed by atoms with Gasteiger partial charge in [0.25, 0.3) is 0 Å². The minimum absolute atomic E-state index is 0.00199. The van der Waals surface area contributed by atoms with Crippen LogP contribution in [0.15, 0.2) is 54.6 Å². The van der Waals surface area contributed by atoms with Gasteiger partial charge in [-0.25, -0.2) is 4.79 Å². The maximum atomic E-state index is 12.0. The lowest BCUT2D eigenvalue weighted by molar-refractivity contribution is -0.119. The van der Waals surface area contributed by atoms with Gasteiger partial charge >= 0.3 is 6.03 Å². The van der Waals surface area contributed by atoms with Gasteiger partial charge < -0.3 is 20.7 Å². The van der Waals surface area contributed by atoms with E-state index in [2.05, 4.69) is 22.9 Å². The fourth-order valence-electron chi connectivity index (χ4n) is 2.29. The van der Waals surface area contributed by atoms with E-state index in [9.17, 15) is 9.59 Å². The number of methoxy groups -OCH3 is 1. The van der Waals surface area contributed by atoms with Gasteiger partial charge in [-0.3, -0.25) is 4.79 Å². The highest BCUT2D eigenvalue weighted by Gasteiger charge is 2.08. The Morgan fingerprint density at radius 3 is 2.16 bits per heavy atom. The molecule has 0 bridgehead atoms. The summed E-state index contributed by atoms with van der Waals surface area (Å²) in [6, 6.07) is 16.6. The number of rotatable bonds is 7. The van der Waals surface area contributed by atoms with E-state index >= 15 is 0 Å². The lowest BCUT2D eigenvalue weighted by atomic mass is 10.0. The summed E-state index contributed by atoms with van der Waals surface area (Å²) in [6.07, 6.45) is 0. The molecule has 0 spiro atoms. The molecule has 6 heteroatoms. The molecule has 132 valence electrons. The van der Waals surface area contributed by atoms with Gasteiger partial charge in [0.1, 0.15) is 6.61 Å². The van der Waals surface area contributed by atoms with Gasteiger partial charge in [-0.15, -0.1) is 0 Å². The van der Waals surface area contributed by atoms with Gasteiger partial charge in [0.05, 0.1) is 0 Å². The molecule has 0 aliphatic carbocycles. The highest BCUT2D eigenvalue weighted by atomic mass is 16.5. The first kappa shape index (κ1) is 18.5. The first-order valence-electron chi connectivity index (χ1n) is 8.07. The fourth-order valence-corrected chi connectivity index (χ4v) is 2.29. The summed E-state index contributed by atoms with van der Waals surface area (Å²) < 4.78 is 4.75. The Kier molecular flexibility index (Phi) is 6.98. The predicted molar refractivity (Wildman–Crippen MR) is 98.8 cm³/mol. The van der Waals surface area contributed by atoms with E-state index in [0.29, 0.717) is 17.9 Å². The van der Waals surface area contributed by atoms with Crippen molar-refractivity contribution in [3.05, 3.63) is 60.2 Å². The minimum Gasteiger partial charge on any atom is -0.375 e. The topological polar surface area (TPSA) is 79.5 Å². The van der Waals surface area contributed by atoms with Gasteiger partial charge in [0, 0.05) is 25.0 Å². The van der Waals surface area contributed by atoms with Gasteiger partial charge in [-0.05, 0) is 35.7 Å². The predicted octanol–water partition coefficient (Wildman–Crippen LogP) is 3.20. The molecular weight excluding hydrogens is 318 g/mol. The SMILES string of the molecule is COCC(=O)Nc1ccc(NC(=O)NCC(C)c2ccccc2)cc1. The van der Waals surface area contributed by atoms with Crippen LogP contribution in [0.5, 0.6) is 0 Å². The quantitative estimate of drug-likeness (QED) is 0.723. The average Bonchev–Trinajstić information content (AvgIpc) is 2.62. The maximum Gasteiger partial charge on any atom is 0.319 e. The summed E-state index contributed by atoms with van der Waals surface area (Å²) in [4.78, 5) is 23.4. The summed E-state index contributed by atoms with van der Waals surface area (Å²) in [6.45, 7) is 2.61. The normalized spacial score (nSPS) is 11.4. The van der Waals surface area contributed by atoms with E-state index in [1.807, 2.05) is 30.3 Å². The number of hydrogen-bond acceptors (Lipinski definition) is 3. The number of benzene rings is 2. The second-order valence-electron chi connectivity index (χ2n) is 5.71. The number of carbonyl (C=O) groups is 2. The molecule has 1 atom stereocenters. The van der Waals surface area contributed by atoms with Crippen LogP contribution in [0.2, 0.25) is 0 Å². The smallest absolute Gasteiger partial charge is 0.319 e. The van der Waals surface area contributed by atoms with Crippen molar-refractivity contribution in [3.63, 3.8) is 0 Å². The average molecular weight is 341 g/mol. The van der Waals surface area contributed by atoms with Crippen molar-refractivity contribution >= 4 is 23.3 Å². The van der Waals surface area contributed by atoms with E-state index in [-0.39, 0.29) is 24.5 Å². The van der Waals surface area contributed by atoms with Gasteiger partial charge in [0.15, 0.2) is 0 Å². The number of amides is 3. The van der Waals surface area contributed by atoms with Crippen LogP contribution < -0.4 is 16.0 Å². The number of anilines is 2. The zero-order chi connectivity index (χ0) is 18.1. The van der Waals surface area contributed by atoms with Gasteiger partial charge in [-0.1, -0.05) is 37.3 Å². The highest BCUT2D eigenvalue weighted by Crippen LogP contribution is 2.15. The summed E-state index contributed by atoms with van der Waals surface area (Å²) >= 11 is 0. The Labute approximate surface area is 147 Å². The van der Waals surface area contributed by atoms with Crippen molar-refractivity contribution in [2.75, 3.05) is 30.9 Å². The van der Waals surface area contributed by atoms with Crippen LogP contribution in [-0.2, 0) is 9.53 Å². The van der Waals surface area contributed by atoms with Crippen LogP contribution in [0.25, 0.3) is 0 Å². The van der Waals surface area contributed by atoms with Crippen molar-refractivity contribution in [3.8, 4) is 0 Å². The Morgan fingerprint density at radius 2 is 1.56 bits per heavy atom. The highest BCUT2D eigenvalue weighted by molar-refractivity contribution is 5.93.